The lowest BCUT2D eigenvalue weighted by Crippen LogP contribution is -2.10. The van der Waals surface area contributed by atoms with E-state index in [-0.39, 0.29) is 37.1 Å². The fraction of sp³-hybridized carbons (Fsp3) is 0.304. The average molecular weight is 450 g/mol. The number of esters is 2. The lowest BCUT2D eigenvalue weighted by molar-refractivity contribution is -0.138. The van der Waals surface area contributed by atoms with Gasteiger partial charge in [-0.05, 0) is 54.5 Å². The Hall–Kier alpha value is -3.33. The van der Waals surface area contributed by atoms with Crippen molar-refractivity contribution < 1.29 is 41.7 Å². The molecule has 1 aliphatic heterocycles. The first kappa shape index (κ1) is 23.3. The molecule has 1 aliphatic rings. The summed E-state index contributed by atoms with van der Waals surface area (Å²) in [5.41, 5.74) is 0.886. The number of hydrogen-bond acceptors (Lipinski definition) is 6. The Kier molecular flexibility index (Phi) is 7.88. The summed E-state index contributed by atoms with van der Waals surface area (Å²) in [7, 11) is 0. The quantitative estimate of drug-likeness (QED) is 0.173. The summed E-state index contributed by atoms with van der Waals surface area (Å²) in [5.74, 6) is -0.470. The first-order chi connectivity index (χ1) is 15.3. The van der Waals surface area contributed by atoms with E-state index in [4.69, 9.17) is 18.9 Å². The van der Waals surface area contributed by atoms with Crippen molar-refractivity contribution in [2.45, 2.75) is 25.1 Å². The summed E-state index contributed by atoms with van der Waals surface area (Å²) in [6, 6.07) is 12.5. The zero-order valence-electron chi connectivity index (χ0n) is 17.0. The standard InChI is InChI=1S/C23H21F3O6/c24-23(25,26)11-2-12-29-18-8-6-17(7-9-18)22(28)32-19-4-1-3-16(13-19)5-10-21(27)31-15-20-14-30-20/h1,3-10,13,20H,2,11-12,14-15H2/b10-5+. The van der Waals surface area contributed by atoms with Crippen molar-refractivity contribution in [2.24, 2.45) is 0 Å². The van der Waals surface area contributed by atoms with E-state index in [1.54, 1.807) is 30.3 Å². The van der Waals surface area contributed by atoms with E-state index in [0.29, 0.717) is 17.9 Å². The Morgan fingerprint density at radius 1 is 1.09 bits per heavy atom. The number of halogens is 3. The fourth-order valence-corrected chi connectivity index (χ4v) is 2.55. The second-order valence-corrected chi connectivity index (χ2v) is 6.97. The molecule has 0 aromatic heterocycles. The van der Waals surface area contributed by atoms with E-state index in [0.717, 1.165) is 0 Å². The van der Waals surface area contributed by atoms with Gasteiger partial charge in [0.15, 0.2) is 0 Å². The highest BCUT2D eigenvalue weighted by molar-refractivity contribution is 5.91. The topological polar surface area (TPSA) is 74.4 Å². The molecule has 0 aliphatic carbocycles. The summed E-state index contributed by atoms with van der Waals surface area (Å²) in [6.45, 7) is 0.742. The van der Waals surface area contributed by atoms with Crippen LogP contribution in [0.3, 0.4) is 0 Å². The van der Waals surface area contributed by atoms with E-state index in [1.807, 2.05) is 0 Å². The molecule has 1 atom stereocenters. The molecule has 1 saturated heterocycles. The number of ether oxygens (including phenoxy) is 4. The van der Waals surface area contributed by atoms with Gasteiger partial charge in [0, 0.05) is 12.5 Å². The Morgan fingerprint density at radius 3 is 2.53 bits per heavy atom. The maximum atomic E-state index is 12.3. The summed E-state index contributed by atoms with van der Waals surface area (Å²) in [4.78, 5) is 24.0. The Bertz CT molecular complexity index is 949. The molecule has 6 nitrogen and oxygen atoms in total. The maximum Gasteiger partial charge on any atom is 0.389 e. The van der Waals surface area contributed by atoms with Crippen LogP contribution in [-0.4, -0.2) is 44.0 Å². The van der Waals surface area contributed by atoms with Crippen LogP contribution in [0.1, 0.15) is 28.8 Å². The summed E-state index contributed by atoms with van der Waals surface area (Å²) in [5, 5.41) is 0. The predicted octanol–water partition coefficient (Wildman–Crippen LogP) is 4.58. The molecule has 1 unspecified atom stereocenters. The zero-order chi connectivity index (χ0) is 23.0. The van der Waals surface area contributed by atoms with Crippen LogP contribution in [0.5, 0.6) is 11.5 Å². The van der Waals surface area contributed by atoms with E-state index in [1.165, 1.54) is 30.3 Å². The highest BCUT2D eigenvalue weighted by Gasteiger charge is 2.26. The third kappa shape index (κ3) is 8.43. The van der Waals surface area contributed by atoms with Crippen molar-refractivity contribution in [3.8, 4) is 11.5 Å². The van der Waals surface area contributed by atoms with Crippen molar-refractivity contribution in [1.29, 1.82) is 0 Å². The second-order valence-electron chi connectivity index (χ2n) is 6.97. The Labute approximate surface area is 182 Å². The minimum Gasteiger partial charge on any atom is -0.494 e. The number of alkyl halides is 3. The molecule has 2 aromatic carbocycles. The maximum absolute atomic E-state index is 12.3. The van der Waals surface area contributed by atoms with Gasteiger partial charge in [0.2, 0.25) is 0 Å². The number of epoxide rings is 1. The molecule has 1 heterocycles. The summed E-state index contributed by atoms with van der Waals surface area (Å²) >= 11 is 0. The first-order valence-electron chi connectivity index (χ1n) is 9.87. The average Bonchev–Trinajstić information content (AvgIpc) is 3.58. The normalized spacial score (nSPS) is 15.4. The lowest BCUT2D eigenvalue weighted by Gasteiger charge is -2.09. The van der Waals surface area contributed by atoms with Crippen molar-refractivity contribution in [3.63, 3.8) is 0 Å². The van der Waals surface area contributed by atoms with Gasteiger partial charge < -0.3 is 18.9 Å². The van der Waals surface area contributed by atoms with Gasteiger partial charge in [-0.3, -0.25) is 0 Å². The van der Waals surface area contributed by atoms with Gasteiger partial charge in [0.05, 0.1) is 18.8 Å². The number of hydrogen-bond donors (Lipinski definition) is 0. The number of carbonyl (C=O) groups is 2. The van der Waals surface area contributed by atoms with Gasteiger partial charge in [-0.1, -0.05) is 12.1 Å². The molecule has 0 N–H and O–H groups in total. The van der Waals surface area contributed by atoms with Crippen LogP contribution in [0, 0.1) is 0 Å². The summed E-state index contributed by atoms with van der Waals surface area (Å²) in [6.07, 6.45) is -2.47. The molecule has 0 amide bonds. The van der Waals surface area contributed by atoms with Crippen LogP contribution < -0.4 is 9.47 Å². The van der Waals surface area contributed by atoms with Crippen LogP contribution in [0.25, 0.3) is 6.08 Å². The molecule has 9 heteroatoms. The van der Waals surface area contributed by atoms with Crippen LogP contribution >= 0.6 is 0 Å². The Balaban J connectivity index is 1.48. The van der Waals surface area contributed by atoms with Gasteiger partial charge in [-0.25, -0.2) is 9.59 Å². The molecular weight excluding hydrogens is 429 g/mol. The Morgan fingerprint density at radius 2 is 1.84 bits per heavy atom. The lowest BCUT2D eigenvalue weighted by atomic mass is 10.2. The fourth-order valence-electron chi connectivity index (χ4n) is 2.55. The van der Waals surface area contributed by atoms with Crippen LogP contribution in [0.2, 0.25) is 0 Å². The smallest absolute Gasteiger partial charge is 0.389 e. The molecule has 0 bridgehead atoms. The van der Waals surface area contributed by atoms with Crippen molar-refractivity contribution >= 4 is 18.0 Å². The molecule has 170 valence electrons. The second kappa shape index (κ2) is 10.8. The minimum atomic E-state index is -4.21. The monoisotopic (exact) mass is 450 g/mol. The van der Waals surface area contributed by atoms with Crippen LogP contribution in [-0.2, 0) is 14.3 Å². The third-order valence-corrected chi connectivity index (χ3v) is 4.26. The minimum absolute atomic E-state index is 0.00916. The molecule has 2 aromatic rings. The highest BCUT2D eigenvalue weighted by Crippen LogP contribution is 2.22. The molecule has 0 spiro atoms. The van der Waals surface area contributed by atoms with Gasteiger partial charge in [0.25, 0.3) is 0 Å². The van der Waals surface area contributed by atoms with Crippen LogP contribution in [0.15, 0.2) is 54.6 Å². The van der Waals surface area contributed by atoms with Gasteiger partial charge >= 0.3 is 18.1 Å². The zero-order valence-corrected chi connectivity index (χ0v) is 17.0. The van der Waals surface area contributed by atoms with Gasteiger partial charge in [0.1, 0.15) is 24.2 Å². The molecule has 1 fully saturated rings. The highest BCUT2D eigenvalue weighted by atomic mass is 19.4. The van der Waals surface area contributed by atoms with Gasteiger partial charge in [-0.2, -0.15) is 13.2 Å². The number of benzene rings is 2. The SMILES string of the molecule is O=C(/C=C/c1cccc(OC(=O)c2ccc(OCCCC(F)(F)F)cc2)c1)OCC1CO1. The summed E-state index contributed by atoms with van der Waals surface area (Å²) < 4.78 is 56.9. The first-order valence-corrected chi connectivity index (χ1v) is 9.87. The van der Waals surface area contributed by atoms with E-state index in [2.05, 4.69) is 0 Å². The number of rotatable bonds is 10. The molecule has 32 heavy (non-hydrogen) atoms. The van der Waals surface area contributed by atoms with Crippen LogP contribution in [0.4, 0.5) is 13.2 Å². The van der Waals surface area contributed by atoms with Crippen molar-refractivity contribution in [1.82, 2.24) is 0 Å². The van der Waals surface area contributed by atoms with E-state index >= 15 is 0 Å². The van der Waals surface area contributed by atoms with Crippen molar-refractivity contribution in [2.75, 3.05) is 19.8 Å². The molecule has 3 rings (SSSR count). The molecule has 0 saturated carbocycles. The third-order valence-electron chi connectivity index (χ3n) is 4.26. The predicted molar refractivity (Wildman–Crippen MR) is 108 cm³/mol. The number of carbonyl (C=O) groups excluding carboxylic acids is 2. The van der Waals surface area contributed by atoms with Gasteiger partial charge in [-0.15, -0.1) is 0 Å². The largest absolute Gasteiger partial charge is 0.494 e. The van der Waals surface area contributed by atoms with E-state index in [9.17, 15) is 22.8 Å². The molecular formula is C23H21F3O6. The molecule has 0 radical (unpaired) electrons. The van der Waals surface area contributed by atoms with E-state index < -0.39 is 24.5 Å². The van der Waals surface area contributed by atoms with Crippen molar-refractivity contribution in [3.05, 3.63) is 65.7 Å².